The van der Waals surface area contributed by atoms with E-state index in [1.165, 1.54) is 5.56 Å². The molecule has 0 bridgehead atoms. The number of anilines is 1. The average Bonchev–Trinajstić information content (AvgIpc) is 3.64. The summed E-state index contributed by atoms with van der Waals surface area (Å²) >= 11 is 0. The molecule has 1 aromatic carbocycles. The lowest BCUT2D eigenvalue weighted by Crippen LogP contribution is -2.40. The van der Waals surface area contributed by atoms with Gasteiger partial charge >= 0.3 is 6.03 Å². The molecule has 0 radical (unpaired) electrons. The van der Waals surface area contributed by atoms with Crippen LogP contribution in [0.25, 0.3) is 5.52 Å². The highest BCUT2D eigenvalue weighted by atomic mass is 16.7. The van der Waals surface area contributed by atoms with Gasteiger partial charge in [-0.05, 0) is 61.4 Å². The molecule has 0 spiro atoms. The van der Waals surface area contributed by atoms with E-state index in [0.29, 0.717) is 41.8 Å². The van der Waals surface area contributed by atoms with Crippen LogP contribution in [0.3, 0.4) is 0 Å². The molecule has 2 fully saturated rings. The van der Waals surface area contributed by atoms with Crippen molar-refractivity contribution in [1.29, 1.82) is 0 Å². The van der Waals surface area contributed by atoms with Crippen molar-refractivity contribution in [2.24, 2.45) is 0 Å². The Morgan fingerprint density at radius 2 is 1.74 bits per heavy atom. The van der Waals surface area contributed by atoms with Gasteiger partial charge in [0.25, 0.3) is 5.91 Å². The second-order valence-corrected chi connectivity index (χ2v) is 9.11. The lowest BCUT2D eigenvalue weighted by molar-refractivity contribution is 0.0794. The highest BCUT2D eigenvalue weighted by Gasteiger charge is 2.26. The van der Waals surface area contributed by atoms with E-state index in [1.54, 1.807) is 22.8 Å². The molecule has 34 heavy (non-hydrogen) atoms. The Morgan fingerprint density at radius 3 is 2.56 bits per heavy atom. The highest BCUT2D eigenvalue weighted by Crippen LogP contribution is 2.35. The molecule has 3 aliphatic heterocycles. The number of amides is 3. The molecule has 5 heterocycles. The zero-order valence-corrected chi connectivity index (χ0v) is 18.9. The number of aromatic nitrogens is 2. The Bertz CT molecular complexity index is 1240. The van der Waals surface area contributed by atoms with E-state index in [1.807, 2.05) is 22.1 Å². The Labute approximate surface area is 197 Å². The molecule has 0 aliphatic carbocycles. The minimum absolute atomic E-state index is 0.0691. The number of hydrogen-bond donors (Lipinski definition) is 1. The van der Waals surface area contributed by atoms with Crippen molar-refractivity contribution in [3.8, 4) is 11.5 Å². The van der Waals surface area contributed by atoms with Crippen molar-refractivity contribution < 1.29 is 19.1 Å². The maximum atomic E-state index is 12.9. The molecule has 0 saturated carbocycles. The summed E-state index contributed by atoms with van der Waals surface area (Å²) < 4.78 is 12.5. The monoisotopic (exact) mass is 461 g/mol. The lowest BCUT2D eigenvalue weighted by Gasteiger charge is -2.32. The predicted molar refractivity (Wildman–Crippen MR) is 125 cm³/mol. The Hall–Kier alpha value is -3.75. The minimum atomic E-state index is -0.109. The zero-order valence-electron chi connectivity index (χ0n) is 18.9. The van der Waals surface area contributed by atoms with E-state index in [0.717, 1.165) is 44.3 Å². The van der Waals surface area contributed by atoms with Gasteiger partial charge in [-0.15, -0.1) is 0 Å². The first-order valence-electron chi connectivity index (χ1n) is 11.9. The molecule has 9 nitrogen and oxygen atoms in total. The molecule has 0 unspecified atom stereocenters. The number of pyridine rings is 1. The molecule has 9 heteroatoms. The summed E-state index contributed by atoms with van der Waals surface area (Å²) in [6.45, 7) is 3.20. The largest absolute Gasteiger partial charge is 0.454 e. The third-order valence-corrected chi connectivity index (χ3v) is 7.05. The molecule has 176 valence electrons. The summed E-state index contributed by atoms with van der Waals surface area (Å²) in [6, 6.07) is 9.48. The van der Waals surface area contributed by atoms with Crippen LogP contribution in [0.1, 0.15) is 47.5 Å². The van der Waals surface area contributed by atoms with Crippen LogP contribution in [0.2, 0.25) is 0 Å². The van der Waals surface area contributed by atoms with E-state index in [4.69, 9.17) is 9.47 Å². The van der Waals surface area contributed by atoms with Crippen LogP contribution in [0, 0.1) is 0 Å². The normalized spacial score (nSPS) is 18.0. The van der Waals surface area contributed by atoms with E-state index in [2.05, 4.69) is 22.5 Å². The average molecular weight is 462 g/mol. The molecule has 3 aromatic rings. The third kappa shape index (κ3) is 3.81. The topological polar surface area (TPSA) is 88.4 Å². The minimum Gasteiger partial charge on any atom is -0.454 e. The van der Waals surface area contributed by atoms with Crippen molar-refractivity contribution >= 4 is 23.1 Å². The van der Waals surface area contributed by atoms with E-state index in [9.17, 15) is 9.59 Å². The summed E-state index contributed by atoms with van der Waals surface area (Å²) in [5, 5.41) is 7.35. The number of likely N-dealkylation sites (tertiary alicyclic amines) is 2. The molecule has 3 aliphatic rings. The number of carbonyl (C=O) groups is 2. The van der Waals surface area contributed by atoms with Crippen molar-refractivity contribution in [2.75, 3.05) is 38.3 Å². The van der Waals surface area contributed by atoms with Gasteiger partial charge in [-0.25, -0.2) is 9.31 Å². The van der Waals surface area contributed by atoms with Crippen LogP contribution in [0.4, 0.5) is 10.5 Å². The van der Waals surface area contributed by atoms with Crippen molar-refractivity contribution in [3.63, 3.8) is 0 Å². The summed E-state index contributed by atoms with van der Waals surface area (Å²) in [5.74, 6) is 1.75. The molecule has 2 aromatic heterocycles. The fraction of sp³-hybridized carbons (Fsp3) is 0.400. The second-order valence-electron chi connectivity index (χ2n) is 9.11. The first kappa shape index (κ1) is 20.8. The number of carbonyl (C=O) groups excluding carboxylic acids is 2. The standard InChI is InChI=1S/C25H27N5O4/c31-24(28-8-1-2-9-28)20-15-26-30-12-7-18(13-21(20)30)17-5-10-29(11-6-17)25(32)27-19-3-4-22-23(14-19)34-16-33-22/h3-4,7,12-15,17H,1-2,5-6,8-11,16H2,(H,27,32). The van der Waals surface area contributed by atoms with Gasteiger partial charge in [-0.2, -0.15) is 5.10 Å². The Morgan fingerprint density at radius 1 is 0.941 bits per heavy atom. The van der Waals surface area contributed by atoms with Gasteiger partial charge in [-0.3, -0.25) is 4.79 Å². The number of urea groups is 1. The van der Waals surface area contributed by atoms with E-state index < -0.39 is 0 Å². The fourth-order valence-corrected chi connectivity index (χ4v) is 5.10. The molecular formula is C25H27N5O4. The van der Waals surface area contributed by atoms with Gasteiger partial charge in [0.05, 0.1) is 17.3 Å². The van der Waals surface area contributed by atoms with Crippen LogP contribution in [-0.2, 0) is 0 Å². The SMILES string of the molecule is O=C(Nc1ccc2c(c1)OCO2)N1CCC(c2ccn3ncc(C(=O)N4CCCC4)c3c2)CC1. The molecule has 6 rings (SSSR count). The van der Waals surface area contributed by atoms with Gasteiger partial charge in [0.1, 0.15) is 0 Å². The maximum Gasteiger partial charge on any atom is 0.321 e. The van der Waals surface area contributed by atoms with Crippen LogP contribution in [-0.4, -0.2) is 64.3 Å². The van der Waals surface area contributed by atoms with Crippen LogP contribution >= 0.6 is 0 Å². The third-order valence-electron chi connectivity index (χ3n) is 7.05. The number of piperidine rings is 1. The van der Waals surface area contributed by atoms with Gasteiger partial charge in [0.15, 0.2) is 11.5 Å². The number of fused-ring (bicyclic) bond motifs is 2. The molecule has 2 saturated heterocycles. The van der Waals surface area contributed by atoms with E-state index in [-0.39, 0.29) is 18.7 Å². The van der Waals surface area contributed by atoms with Crippen molar-refractivity contribution in [1.82, 2.24) is 19.4 Å². The lowest BCUT2D eigenvalue weighted by atomic mass is 9.89. The first-order valence-corrected chi connectivity index (χ1v) is 11.9. The maximum absolute atomic E-state index is 12.9. The first-order chi connectivity index (χ1) is 16.7. The number of hydrogen-bond acceptors (Lipinski definition) is 5. The van der Waals surface area contributed by atoms with Gasteiger partial charge in [0, 0.05) is 44.1 Å². The number of nitrogens with one attached hydrogen (secondary N) is 1. The van der Waals surface area contributed by atoms with Crippen LogP contribution in [0.5, 0.6) is 11.5 Å². The van der Waals surface area contributed by atoms with Gasteiger partial charge in [0.2, 0.25) is 6.79 Å². The number of ether oxygens (including phenoxy) is 2. The summed E-state index contributed by atoms with van der Waals surface area (Å²) in [7, 11) is 0. The summed E-state index contributed by atoms with van der Waals surface area (Å²) in [6.07, 6.45) is 7.49. The summed E-state index contributed by atoms with van der Waals surface area (Å²) in [5.41, 5.74) is 3.42. The van der Waals surface area contributed by atoms with E-state index >= 15 is 0 Å². The van der Waals surface area contributed by atoms with Crippen LogP contribution < -0.4 is 14.8 Å². The van der Waals surface area contributed by atoms with Crippen LogP contribution in [0.15, 0.2) is 42.7 Å². The van der Waals surface area contributed by atoms with Gasteiger partial charge < -0.3 is 24.6 Å². The smallest absolute Gasteiger partial charge is 0.321 e. The molecule has 1 N–H and O–H groups in total. The van der Waals surface area contributed by atoms with Gasteiger partial charge in [-0.1, -0.05) is 0 Å². The predicted octanol–water partition coefficient (Wildman–Crippen LogP) is 3.71. The molecular weight excluding hydrogens is 434 g/mol. The summed E-state index contributed by atoms with van der Waals surface area (Å²) in [4.78, 5) is 29.5. The Balaban J connectivity index is 1.11. The second kappa shape index (κ2) is 8.55. The zero-order chi connectivity index (χ0) is 23.1. The fourth-order valence-electron chi connectivity index (χ4n) is 5.10. The number of benzene rings is 1. The number of rotatable bonds is 3. The van der Waals surface area contributed by atoms with Crippen molar-refractivity contribution in [3.05, 3.63) is 53.9 Å². The Kier molecular flexibility index (Phi) is 5.24. The molecule has 0 atom stereocenters. The molecule has 3 amide bonds. The van der Waals surface area contributed by atoms with Crippen molar-refractivity contribution in [2.45, 2.75) is 31.6 Å². The highest BCUT2D eigenvalue weighted by molar-refractivity contribution is 6.00. The number of nitrogens with zero attached hydrogens (tertiary/aromatic N) is 4. The quantitative estimate of drug-likeness (QED) is 0.642.